The van der Waals surface area contributed by atoms with Crippen molar-refractivity contribution in [2.45, 2.75) is 36.8 Å². The first-order valence-corrected chi connectivity index (χ1v) is 9.42. The third-order valence-corrected chi connectivity index (χ3v) is 6.97. The fraction of sp³-hybridized carbons (Fsp3) is 0.600. The lowest BCUT2D eigenvalue weighted by Crippen LogP contribution is -2.60. The van der Waals surface area contributed by atoms with Gasteiger partial charge < -0.3 is 24.2 Å². The van der Waals surface area contributed by atoms with E-state index in [9.17, 15) is 5.11 Å². The van der Waals surface area contributed by atoms with E-state index >= 15 is 0 Å². The van der Waals surface area contributed by atoms with Gasteiger partial charge in [0.1, 0.15) is 11.9 Å². The van der Waals surface area contributed by atoms with Crippen LogP contribution in [0.2, 0.25) is 5.02 Å². The highest BCUT2D eigenvalue weighted by Gasteiger charge is 2.57. The van der Waals surface area contributed by atoms with E-state index in [1.54, 1.807) is 21.3 Å². The number of methoxy groups -OCH3 is 3. The van der Waals surface area contributed by atoms with Crippen LogP contribution in [0.1, 0.15) is 24.0 Å². The summed E-state index contributed by atoms with van der Waals surface area (Å²) in [7, 11) is 7.10. The second kappa shape index (κ2) is 6.32. The van der Waals surface area contributed by atoms with Crippen LogP contribution in [0.25, 0.3) is 0 Å². The van der Waals surface area contributed by atoms with Gasteiger partial charge in [-0.05, 0) is 44.5 Å². The number of hydrogen-bond acceptors (Lipinski definition) is 5. The molecular formula is C20H26ClNO4. The zero-order valence-corrected chi connectivity index (χ0v) is 16.5. The monoisotopic (exact) mass is 379 g/mol. The maximum Gasteiger partial charge on any atom is 0.164 e. The molecule has 1 fully saturated rings. The zero-order chi connectivity index (χ0) is 18.6. The molecule has 0 aromatic heterocycles. The average Bonchev–Trinajstić information content (AvgIpc) is 2.64. The van der Waals surface area contributed by atoms with Crippen LogP contribution in [-0.4, -0.2) is 57.1 Å². The number of halogens is 1. The molecule has 1 heterocycles. The van der Waals surface area contributed by atoms with Crippen molar-refractivity contribution < 1.29 is 19.3 Å². The molecule has 1 aromatic rings. The predicted molar refractivity (Wildman–Crippen MR) is 100 cm³/mol. The van der Waals surface area contributed by atoms with E-state index in [-0.39, 0.29) is 11.3 Å². The smallest absolute Gasteiger partial charge is 0.164 e. The van der Waals surface area contributed by atoms with Crippen LogP contribution < -0.4 is 9.47 Å². The molecule has 1 aliphatic heterocycles. The third-order valence-electron chi connectivity index (χ3n) is 6.63. The summed E-state index contributed by atoms with van der Waals surface area (Å²) in [5, 5.41) is 11.5. The lowest BCUT2D eigenvalue weighted by molar-refractivity contribution is -0.00381. The van der Waals surface area contributed by atoms with Crippen LogP contribution in [0.15, 0.2) is 17.9 Å². The fourth-order valence-electron chi connectivity index (χ4n) is 5.41. The molecule has 4 atom stereocenters. The van der Waals surface area contributed by atoms with Crippen molar-refractivity contribution in [2.75, 3.05) is 34.9 Å². The Hall–Kier alpha value is -1.43. The summed E-state index contributed by atoms with van der Waals surface area (Å²) in [5.41, 5.74) is 2.01. The Balaban J connectivity index is 2.01. The highest BCUT2D eigenvalue weighted by Crippen LogP contribution is 2.59. The van der Waals surface area contributed by atoms with Gasteiger partial charge in [-0.3, -0.25) is 0 Å². The van der Waals surface area contributed by atoms with Crippen LogP contribution >= 0.6 is 11.6 Å². The molecule has 0 saturated carbocycles. The van der Waals surface area contributed by atoms with Crippen molar-refractivity contribution in [3.8, 4) is 11.5 Å². The Morgan fingerprint density at radius 2 is 2.00 bits per heavy atom. The van der Waals surface area contributed by atoms with Crippen molar-refractivity contribution in [3.05, 3.63) is 34.1 Å². The molecule has 1 aromatic carbocycles. The molecule has 2 bridgehead atoms. The molecule has 2 aliphatic carbocycles. The number of benzene rings is 1. The minimum atomic E-state index is -0.624. The predicted octanol–water partition coefficient (Wildman–Crippen LogP) is 2.77. The first kappa shape index (κ1) is 18.0. The maximum atomic E-state index is 10.8. The van der Waals surface area contributed by atoms with E-state index in [0.29, 0.717) is 29.0 Å². The van der Waals surface area contributed by atoms with E-state index < -0.39 is 6.10 Å². The summed E-state index contributed by atoms with van der Waals surface area (Å²) in [5.74, 6) is 2.31. The molecule has 0 radical (unpaired) electrons. The van der Waals surface area contributed by atoms with Gasteiger partial charge in [-0.2, -0.15) is 0 Å². The molecule has 1 unspecified atom stereocenters. The second-order valence-electron chi connectivity index (χ2n) is 7.62. The van der Waals surface area contributed by atoms with Crippen LogP contribution in [0, 0.1) is 5.92 Å². The second-order valence-corrected chi connectivity index (χ2v) is 8.03. The normalized spacial score (nSPS) is 33.0. The molecule has 0 amide bonds. The topological polar surface area (TPSA) is 51.2 Å². The van der Waals surface area contributed by atoms with E-state index in [4.69, 9.17) is 25.8 Å². The summed E-state index contributed by atoms with van der Waals surface area (Å²) in [6.45, 7) is 0.974. The minimum Gasteiger partial charge on any atom is -0.499 e. The molecule has 142 valence electrons. The Kier molecular flexibility index (Phi) is 4.37. The van der Waals surface area contributed by atoms with Crippen LogP contribution in [0.3, 0.4) is 0 Å². The zero-order valence-electron chi connectivity index (χ0n) is 15.7. The molecule has 6 heteroatoms. The van der Waals surface area contributed by atoms with Gasteiger partial charge >= 0.3 is 0 Å². The van der Waals surface area contributed by atoms with Crippen LogP contribution in [0.4, 0.5) is 0 Å². The molecule has 1 saturated heterocycles. The van der Waals surface area contributed by atoms with Gasteiger partial charge in [-0.1, -0.05) is 11.6 Å². The maximum absolute atomic E-state index is 10.8. The van der Waals surface area contributed by atoms with Crippen molar-refractivity contribution in [2.24, 2.45) is 5.92 Å². The molecular weight excluding hydrogens is 354 g/mol. The Morgan fingerprint density at radius 1 is 1.23 bits per heavy atom. The molecule has 1 N–H and O–H groups in total. The molecule has 3 aliphatic rings. The summed E-state index contributed by atoms with van der Waals surface area (Å²) < 4.78 is 16.8. The van der Waals surface area contributed by atoms with Crippen molar-refractivity contribution in [1.82, 2.24) is 4.90 Å². The number of rotatable bonds is 3. The number of aliphatic hydroxyl groups excluding tert-OH is 1. The number of piperidine rings is 1. The van der Waals surface area contributed by atoms with Gasteiger partial charge in [0.25, 0.3) is 0 Å². The molecule has 4 rings (SSSR count). The van der Waals surface area contributed by atoms with Gasteiger partial charge in [-0.15, -0.1) is 0 Å². The summed E-state index contributed by atoms with van der Waals surface area (Å²) in [6, 6.07) is 2.17. The lowest BCUT2D eigenvalue weighted by atomic mass is 9.53. The van der Waals surface area contributed by atoms with E-state index in [0.717, 1.165) is 36.3 Å². The van der Waals surface area contributed by atoms with E-state index in [1.807, 2.05) is 6.07 Å². The van der Waals surface area contributed by atoms with Crippen molar-refractivity contribution in [1.29, 1.82) is 0 Å². The number of likely N-dealkylation sites (tertiary alicyclic amines) is 1. The third kappa shape index (κ3) is 2.30. The quantitative estimate of drug-likeness (QED) is 0.875. The number of fused-ring (bicyclic) bond motifs is 1. The Morgan fingerprint density at radius 3 is 2.65 bits per heavy atom. The van der Waals surface area contributed by atoms with Gasteiger partial charge in [0, 0.05) is 34.0 Å². The SMILES string of the molecule is COC1=C[C@H]2[C@H]3Cc4c(Cl)cc(OC)c(OC)c4[C@@]2(CCN3C)CC1O. The van der Waals surface area contributed by atoms with Gasteiger partial charge in [0.15, 0.2) is 11.5 Å². The highest BCUT2D eigenvalue weighted by molar-refractivity contribution is 6.31. The molecule has 26 heavy (non-hydrogen) atoms. The van der Waals surface area contributed by atoms with Gasteiger partial charge in [0.05, 0.1) is 21.3 Å². The van der Waals surface area contributed by atoms with Crippen LogP contribution in [-0.2, 0) is 16.6 Å². The Labute approximate surface area is 159 Å². The molecule has 0 spiro atoms. The van der Waals surface area contributed by atoms with Crippen molar-refractivity contribution >= 4 is 11.6 Å². The number of ether oxygens (including phenoxy) is 3. The number of hydrogen-bond donors (Lipinski definition) is 1. The van der Waals surface area contributed by atoms with Gasteiger partial charge in [0.2, 0.25) is 0 Å². The van der Waals surface area contributed by atoms with Crippen molar-refractivity contribution in [3.63, 3.8) is 0 Å². The largest absolute Gasteiger partial charge is 0.499 e. The van der Waals surface area contributed by atoms with Gasteiger partial charge in [-0.25, -0.2) is 0 Å². The molecule has 5 nitrogen and oxygen atoms in total. The number of likely N-dealkylation sites (N-methyl/N-ethyl adjacent to an activating group) is 1. The first-order valence-electron chi connectivity index (χ1n) is 9.04. The summed E-state index contributed by atoms with van der Waals surface area (Å²) in [4.78, 5) is 2.40. The fourth-order valence-corrected chi connectivity index (χ4v) is 5.68. The average molecular weight is 380 g/mol. The van der Waals surface area contributed by atoms with E-state index in [2.05, 4.69) is 18.0 Å². The standard InChI is InChI=1S/C20H26ClNO4/c1-22-6-5-20-10-15(23)16(24-2)8-12(20)14(22)7-11-13(21)9-17(25-3)19(26-4)18(11)20/h8-9,12,14-15,23H,5-7,10H2,1-4H3/t12-,14+,15?,20-/m0/s1. The van der Waals surface area contributed by atoms with Crippen LogP contribution in [0.5, 0.6) is 11.5 Å². The summed E-state index contributed by atoms with van der Waals surface area (Å²) >= 11 is 6.68. The van der Waals surface area contributed by atoms with E-state index in [1.165, 1.54) is 0 Å². The highest BCUT2D eigenvalue weighted by atomic mass is 35.5. The number of nitrogens with zero attached hydrogens (tertiary/aromatic N) is 1. The first-order chi connectivity index (χ1) is 12.5. The summed E-state index contributed by atoms with van der Waals surface area (Å²) in [6.07, 6.45) is 3.89. The minimum absolute atomic E-state index is 0.226. The Bertz CT molecular complexity index is 765. The lowest BCUT2D eigenvalue weighted by Gasteiger charge is -2.58. The number of aliphatic hydroxyl groups is 1.